The number of carbonyl (C=O) groups is 2. The highest BCUT2D eigenvalue weighted by Crippen LogP contribution is 2.27. The summed E-state index contributed by atoms with van der Waals surface area (Å²) >= 11 is 0. The summed E-state index contributed by atoms with van der Waals surface area (Å²) in [5.74, 6) is -2.14. The molecule has 7 nitrogen and oxygen atoms in total. The van der Waals surface area contributed by atoms with E-state index >= 15 is 0 Å². The summed E-state index contributed by atoms with van der Waals surface area (Å²) < 4.78 is 50.8. The molecule has 0 amide bonds. The van der Waals surface area contributed by atoms with E-state index in [1.165, 1.54) is 41.7 Å². The Morgan fingerprint density at radius 1 is 1.07 bits per heavy atom. The lowest BCUT2D eigenvalue weighted by Crippen LogP contribution is -2.41. The largest absolute Gasteiger partial charge is 0.465 e. The number of hydrogen-bond donors (Lipinski definition) is 0. The SMILES string of the molecule is COC(=O)c1ccccc1S(=O)(=O)N1CCC(C(=O)OCc2ccccc2F)CC1. The summed E-state index contributed by atoms with van der Waals surface area (Å²) in [5.41, 5.74) is 0.247. The van der Waals surface area contributed by atoms with Crippen LogP contribution in [-0.2, 0) is 30.9 Å². The van der Waals surface area contributed by atoms with E-state index in [0.717, 1.165) is 0 Å². The van der Waals surface area contributed by atoms with E-state index in [1.54, 1.807) is 18.2 Å². The first-order valence-corrected chi connectivity index (χ1v) is 10.9. The van der Waals surface area contributed by atoms with Crippen molar-refractivity contribution in [3.05, 3.63) is 65.5 Å². The van der Waals surface area contributed by atoms with Gasteiger partial charge in [-0.1, -0.05) is 30.3 Å². The number of hydrogen-bond acceptors (Lipinski definition) is 6. The summed E-state index contributed by atoms with van der Waals surface area (Å²) in [4.78, 5) is 24.1. The summed E-state index contributed by atoms with van der Waals surface area (Å²) in [6, 6.07) is 11.9. The van der Waals surface area contributed by atoms with Crippen molar-refractivity contribution in [3.63, 3.8) is 0 Å². The highest BCUT2D eigenvalue weighted by atomic mass is 32.2. The Balaban J connectivity index is 1.63. The van der Waals surface area contributed by atoms with E-state index in [1.807, 2.05) is 0 Å². The normalized spacial score (nSPS) is 15.5. The van der Waals surface area contributed by atoms with E-state index in [-0.39, 0.29) is 48.6 Å². The molecule has 30 heavy (non-hydrogen) atoms. The van der Waals surface area contributed by atoms with Gasteiger partial charge in [-0.3, -0.25) is 4.79 Å². The van der Waals surface area contributed by atoms with Crippen LogP contribution in [0.15, 0.2) is 53.4 Å². The van der Waals surface area contributed by atoms with Crippen molar-refractivity contribution in [2.45, 2.75) is 24.3 Å². The van der Waals surface area contributed by atoms with Gasteiger partial charge < -0.3 is 9.47 Å². The number of piperidine rings is 1. The van der Waals surface area contributed by atoms with Gasteiger partial charge in [-0.05, 0) is 31.0 Å². The highest BCUT2D eigenvalue weighted by molar-refractivity contribution is 7.89. The smallest absolute Gasteiger partial charge is 0.339 e. The van der Waals surface area contributed by atoms with Gasteiger partial charge in [0.2, 0.25) is 10.0 Å². The number of esters is 2. The second-order valence-corrected chi connectivity index (χ2v) is 8.77. The maximum absolute atomic E-state index is 13.6. The van der Waals surface area contributed by atoms with Gasteiger partial charge in [0.25, 0.3) is 0 Å². The van der Waals surface area contributed by atoms with Crippen molar-refractivity contribution in [1.82, 2.24) is 4.31 Å². The Morgan fingerprint density at radius 2 is 1.70 bits per heavy atom. The first-order valence-electron chi connectivity index (χ1n) is 9.42. The third-order valence-electron chi connectivity index (χ3n) is 5.03. The molecule has 160 valence electrons. The van der Waals surface area contributed by atoms with Crippen LogP contribution >= 0.6 is 0 Å². The molecule has 9 heteroatoms. The number of nitrogens with zero attached hydrogens (tertiary/aromatic N) is 1. The Morgan fingerprint density at radius 3 is 2.37 bits per heavy atom. The van der Waals surface area contributed by atoms with Crippen molar-refractivity contribution in [3.8, 4) is 0 Å². The molecule has 1 aliphatic rings. The molecule has 2 aromatic carbocycles. The first kappa shape index (κ1) is 21.9. The molecule has 0 aromatic heterocycles. The molecule has 1 fully saturated rings. The number of carbonyl (C=O) groups excluding carboxylic acids is 2. The third-order valence-corrected chi connectivity index (χ3v) is 6.98. The molecule has 0 aliphatic carbocycles. The zero-order valence-corrected chi connectivity index (χ0v) is 17.2. The van der Waals surface area contributed by atoms with E-state index < -0.39 is 33.7 Å². The maximum atomic E-state index is 13.6. The quantitative estimate of drug-likeness (QED) is 0.648. The number of methoxy groups -OCH3 is 1. The average Bonchev–Trinajstić information content (AvgIpc) is 2.78. The summed E-state index contributed by atoms with van der Waals surface area (Å²) in [6.45, 7) is 0.0468. The standard InChI is InChI=1S/C21H22FNO6S/c1-28-21(25)17-7-3-5-9-19(17)30(26,27)23-12-10-15(11-13-23)20(24)29-14-16-6-2-4-8-18(16)22/h2-9,15H,10-14H2,1H3. The molecule has 1 heterocycles. The number of ether oxygens (including phenoxy) is 2. The Kier molecular flexibility index (Phi) is 6.84. The van der Waals surface area contributed by atoms with Crippen LogP contribution in [0.5, 0.6) is 0 Å². The average molecular weight is 435 g/mol. The van der Waals surface area contributed by atoms with Gasteiger partial charge >= 0.3 is 11.9 Å². The van der Waals surface area contributed by atoms with Gasteiger partial charge in [-0.25, -0.2) is 17.6 Å². The van der Waals surface area contributed by atoms with Gasteiger partial charge in [-0.15, -0.1) is 0 Å². The molecule has 3 rings (SSSR count). The molecule has 0 unspecified atom stereocenters. The lowest BCUT2D eigenvalue weighted by molar-refractivity contribution is -0.151. The molecule has 1 saturated heterocycles. The summed E-state index contributed by atoms with van der Waals surface area (Å²) in [6.07, 6.45) is 0.547. The Labute approximate surface area is 174 Å². The van der Waals surface area contributed by atoms with Crippen LogP contribution in [0.25, 0.3) is 0 Å². The van der Waals surface area contributed by atoms with E-state index in [0.29, 0.717) is 0 Å². The molecule has 0 spiro atoms. The van der Waals surface area contributed by atoms with E-state index in [2.05, 4.69) is 4.74 Å². The molecule has 0 atom stereocenters. The molecular weight excluding hydrogens is 413 g/mol. The van der Waals surface area contributed by atoms with Crippen LogP contribution in [0.4, 0.5) is 4.39 Å². The second-order valence-electron chi connectivity index (χ2n) is 6.87. The zero-order valence-electron chi connectivity index (χ0n) is 16.4. The van der Waals surface area contributed by atoms with Crippen molar-refractivity contribution in [2.75, 3.05) is 20.2 Å². The van der Waals surface area contributed by atoms with Crippen LogP contribution in [-0.4, -0.2) is 44.9 Å². The fraction of sp³-hybridized carbons (Fsp3) is 0.333. The predicted molar refractivity (Wildman–Crippen MR) is 105 cm³/mol. The van der Waals surface area contributed by atoms with E-state index in [9.17, 15) is 22.4 Å². The van der Waals surface area contributed by atoms with Crippen LogP contribution in [0.1, 0.15) is 28.8 Å². The lowest BCUT2D eigenvalue weighted by Gasteiger charge is -2.30. The minimum atomic E-state index is -3.93. The van der Waals surface area contributed by atoms with Crippen molar-refractivity contribution in [2.24, 2.45) is 5.92 Å². The number of benzene rings is 2. The molecule has 0 radical (unpaired) electrons. The van der Waals surface area contributed by atoms with Gasteiger partial charge in [0, 0.05) is 18.7 Å². The zero-order chi connectivity index (χ0) is 21.7. The van der Waals surface area contributed by atoms with E-state index in [4.69, 9.17) is 4.74 Å². The van der Waals surface area contributed by atoms with Gasteiger partial charge in [-0.2, -0.15) is 4.31 Å². The fourth-order valence-corrected chi connectivity index (χ4v) is 4.97. The molecule has 2 aromatic rings. The van der Waals surface area contributed by atoms with Crippen LogP contribution in [0, 0.1) is 11.7 Å². The third kappa shape index (κ3) is 4.68. The predicted octanol–water partition coefficient (Wildman–Crippen LogP) is 2.76. The minimum absolute atomic E-state index is 0.0357. The highest BCUT2D eigenvalue weighted by Gasteiger charge is 2.34. The molecule has 0 N–H and O–H groups in total. The number of rotatable bonds is 6. The van der Waals surface area contributed by atoms with Gasteiger partial charge in [0.1, 0.15) is 12.4 Å². The lowest BCUT2D eigenvalue weighted by atomic mass is 9.98. The van der Waals surface area contributed by atoms with Crippen LogP contribution in [0.2, 0.25) is 0 Å². The maximum Gasteiger partial charge on any atom is 0.339 e. The van der Waals surface area contributed by atoms with Gasteiger partial charge in [0.15, 0.2) is 0 Å². The monoisotopic (exact) mass is 435 g/mol. The Bertz CT molecular complexity index is 1030. The summed E-state index contributed by atoms with van der Waals surface area (Å²) in [7, 11) is -2.74. The van der Waals surface area contributed by atoms with Crippen molar-refractivity contribution in [1.29, 1.82) is 0 Å². The number of halogens is 1. The molecule has 0 saturated carbocycles. The summed E-state index contributed by atoms with van der Waals surface area (Å²) in [5, 5.41) is 0. The fourth-order valence-electron chi connectivity index (χ4n) is 3.32. The molecular formula is C21H22FNO6S. The van der Waals surface area contributed by atoms with Crippen LogP contribution < -0.4 is 0 Å². The van der Waals surface area contributed by atoms with Crippen molar-refractivity contribution >= 4 is 22.0 Å². The Hall–Kier alpha value is -2.78. The topological polar surface area (TPSA) is 90.0 Å². The van der Waals surface area contributed by atoms with Crippen LogP contribution in [0.3, 0.4) is 0 Å². The molecule has 0 bridgehead atoms. The van der Waals surface area contributed by atoms with Gasteiger partial charge in [0.05, 0.1) is 23.5 Å². The number of sulfonamides is 1. The second kappa shape index (κ2) is 9.36. The minimum Gasteiger partial charge on any atom is -0.465 e. The van der Waals surface area contributed by atoms with Crippen molar-refractivity contribution < 1.29 is 31.9 Å². The molecule has 1 aliphatic heterocycles. The first-order chi connectivity index (χ1) is 14.3.